The molecular formula is C50H62N2O11. The van der Waals surface area contributed by atoms with Crippen molar-refractivity contribution in [1.82, 2.24) is 4.98 Å². The summed E-state index contributed by atoms with van der Waals surface area (Å²) >= 11 is 0. The van der Waals surface area contributed by atoms with Gasteiger partial charge in [0, 0.05) is 54.2 Å². The zero-order valence-corrected chi connectivity index (χ0v) is 37.9. The molecule has 338 valence electrons. The van der Waals surface area contributed by atoms with Crippen molar-refractivity contribution in [2.75, 3.05) is 12.4 Å². The summed E-state index contributed by atoms with van der Waals surface area (Å²) in [5, 5.41) is 48.8. The van der Waals surface area contributed by atoms with Crippen LogP contribution in [0, 0.1) is 30.6 Å². The number of Topliss-reactive ketones (excluding diaryl/α,β-unsaturated/α-hetero) is 1. The average Bonchev–Trinajstić information content (AvgIpc) is 3.54. The fourth-order valence-electron chi connectivity index (χ4n) is 9.76. The molecule has 2 aliphatic heterocycles. The van der Waals surface area contributed by atoms with Gasteiger partial charge in [0.1, 0.15) is 22.5 Å². The minimum absolute atomic E-state index is 0.00399. The highest BCUT2D eigenvalue weighted by Gasteiger charge is 2.49. The van der Waals surface area contributed by atoms with Crippen molar-refractivity contribution >= 4 is 50.3 Å². The lowest BCUT2D eigenvalue weighted by atomic mass is 9.78. The molecule has 3 heterocycles. The Kier molecular flexibility index (Phi) is 13.0. The van der Waals surface area contributed by atoms with E-state index in [1.165, 1.54) is 45.3 Å². The van der Waals surface area contributed by atoms with Crippen LogP contribution < -0.4 is 15.5 Å². The van der Waals surface area contributed by atoms with Crippen molar-refractivity contribution < 1.29 is 48.6 Å². The largest absolute Gasteiger partial charge is 0.505 e. The number of nitrogens with one attached hydrogen (secondary N) is 1. The smallest absolute Gasteiger partial charge is 0.312 e. The number of ketones is 1. The zero-order valence-electron chi connectivity index (χ0n) is 37.9. The summed E-state index contributed by atoms with van der Waals surface area (Å²) in [5.41, 5.74) is 2.52. The quantitative estimate of drug-likeness (QED) is 0.0748. The van der Waals surface area contributed by atoms with E-state index >= 15 is 0 Å². The molecule has 4 aromatic rings. The number of hydrogen-bond donors (Lipinski definition) is 5. The summed E-state index contributed by atoms with van der Waals surface area (Å²) in [4.78, 5) is 48.4. The molecule has 0 saturated heterocycles. The molecule has 63 heavy (non-hydrogen) atoms. The van der Waals surface area contributed by atoms with Gasteiger partial charge < -0.3 is 44.4 Å². The number of aliphatic hydroxyl groups is 3. The van der Waals surface area contributed by atoms with Crippen LogP contribution in [0.4, 0.5) is 5.69 Å². The molecule has 0 spiro atoms. The van der Waals surface area contributed by atoms with Crippen molar-refractivity contribution in [2.45, 2.75) is 136 Å². The first-order valence-corrected chi connectivity index (χ1v) is 22.3. The van der Waals surface area contributed by atoms with Crippen LogP contribution >= 0.6 is 0 Å². The maximum atomic E-state index is 14.8. The highest BCUT2D eigenvalue weighted by Crippen LogP contribution is 2.49. The predicted octanol–water partition coefficient (Wildman–Crippen LogP) is 8.60. The van der Waals surface area contributed by atoms with Crippen LogP contribution in [0.15, 0.2) is 57.5 Å². The van der Waals surface area contributed by atoms with Gasteiger partial charge in [-0.15, -0.1) is 0 Å². The van der Waals surface area contributed by atoms with E-state index in [0.29, 0.717) is 17.0 Å². The molecule has 1 fully saturated rings. The van der Waals surface area contributed by atoms with E-state index in [1.807, 2.05) is 12.1 Å². The number of rotatable bonds is 3. The second kappa shape index (κ2) is 17.8. The van der Waals surface area contributed by atoms with Gasteiger partial charge in [-0.05, 0) is 67.9 Å². The number of carbonyl (C=O) groups excluding carboxylic acids is 2. The molecule has 7 rings (SSSR count). The summed E-state index contributed by atoms with van der Waals surface area (Å²) in [6, 6.07) is 4.00. The first-order chi connectivity index (χ1) is 29.8. The standard InChI is InChI=1S/C50H62N2O11/c1-23(2)31-22-35-33(21-32(31)30-17-12-11-13-18-30)51-39-36-37-44(56)29(8)46-38(36)48(58)50(9,63-46)61-20-19-34(60-10)26(5)42(54)28(7)43(55)27(6)41(53)24(3)15-14-16-25(4)49(59)52-40(45(37)57)47(39)62-35/h14-16,19-24,26-28,30,34,41-43,53-55,57H,11-13,17-18H2,1-10H3,(H,52,59)/b15-14+,20-19+,25-16-/t24-,26+,27+,28-,34-,41-,42+,43+,50-/m0/s1. The van der Waals surface area contributed by atoms with Gasteiger partial charge in [-0.1, -0.05) is 79.0 Å². The molecule has 1 saturated carbocycles. The number of aromatic nitrogens is 1. The van der Waals surface area contributed by atoms with Crippen LogP contribution in [0.3, 0.4) is 0 Å². The van der Waals surface area contributed by atoms with Crippen molar-refractivity contribution in [2.24, 2.45) is 23.7 Å². The second-order valence-corrected chi connectivity index (χ2v) is 18.6. The molecule has 3 aliphatic rings. The normalized spacial score (nSPS) is 31.0. The number of aromatic hydroxyl groups is 1. The van der Waals surface area contributed by atoms with E-state index in [-0.39, 0.29) is 55.9 Å². The fraction of sp³-hybridized carbons (Fsp3) is 0.520. The van der Waals surface area contributed by atoms with Crippen LogP contribution in [0.2, 0.25) is 0 Å². The molecule has 1 aliphatic carbocycles. The minimum atomic E-state index is -2.00. The Morgan fingerprint density at radius 1 is 0.905 bits per heavy atom. The number of allylic oxidation sites excluding steroid dienone is 2. The van der Waals surface area contributed by atoms with Gasteiger partial charge >= 0.3 is 5.79 Å². The van der Waals surface area contributed by atoms with Gasteiger partial charge in [-0.3, -0.25) is 14.4 Å². The van der Waals surface area contributed by atoms with Crippen LogP contribution in [0.25, 0.3) is 33.0 Å². The van der Waals surface area contributed by atoms with Gasteiger partial charge in [0.15, 0.2) is 22.3 Å². The minimum Gasteiger partial charge on any atom is -0.505 e. The van der Waals surface area contributed by atoms with Crippen molar-refractivity contribution in [3.8, 4) is 11.5 Å². The Balaban J connectivity index is 1.48. The van der Waals surface area contributed by atoms with Crippen LogP contribution in [0.1, 0.15) is 126 Å². The molecule has 0 unspecified atom stereocenters. The number of methoxy groups -OCH3 is 1. The van der Waals surface area contributed by atoms with Gasteiger partial charge in [0.2, 0.25) is 0 Å². The van der Waals surface area contributed by atoms with Gasteiger partial charge in [0.05, 0.1) is 41.6 Å². The Labute approximate surface area is 367 Å². The number of phenolic OH excluding ortho intramolecular Hbond substituents is 1. The molecule has 5 N–H and O–H groups in total. The highest BCUT2D eigenvalue weighted by molar-refractivity contribution is 6.26. The Hall–Kier alpha value is -5.08. The number of ether oxygens (including phenoxy) is 3. The lowest BCUT2D eigenvalue weighted by Crippen LogP contribution is -2.44. The average molecular weight is 867 g/mol. The molecule has 3 aromatic carbocycles. The number of phenols is 1. The van der Waals surface area contributed by atoms with Crippen molar-refractivity contribution in [1.29, 1.82) is 0 Å². The maximum Gasteiger partial charge on any atom is 0.312 e. The summed E-state index contributed by atoms with van der Waals surface area (Å²) < 4.78 is 24.7. The molecule has 4 bridgehead atoms. The number of aliphatic hydroxyl groups excluding tert-OH is 3. The van der Waals surface area contributed by atoms with Crippen molar-refractivity contribution in [3.05, 3.63) is 80.7 Å². The summed E-state index contributed by atoms with van der Waals surface area (Å²) in [5.74, 6) is -5.86. The lowest BCUT2D eigenvalue weighted by molar-refractivity contribution is -0.112. The molecule has 0 radical (unpaired) electrons. The number of amides is 1. The predicted molar refractivity (Wildman–Crippen MR) is 242 cm³/mol. The number of anilines is 1. The number of nitrogens with zero attached hydrogens (tertiary/aromatic N) is 1. The maximum absolute atomic E-state index is 14.8. The molecule has 9 atom stereocenters. The van der Waals surface area contributed by atoms with Crippen LogP contribution in [-0.2, 0) is 14.3 Å². The zero-order chi connectivity index (χ0) is 45.8. The monoisotopic (exact) mass is 866 g/mol. The summed E-state index contributed by atoms with van der Waals surface area (Å²) in [6.45, 7) is 15.7. The number of benzene rings is 3. The van der Waals surface area contributed by atoms with E-state index in [4.69, 9.17) is 23.6 Å². The molecule has 1 aromatic heterocycles. The fourth-order valence-corrected chi connectivity index (χ4v) is 9.76. The third-order valence-corrected chi connectivity index (χ3v) is 13.9. The molecule has 13 nitrogen and oxygen atoms in total. The first-order valence-electron chi connectivity index (χ1n) is 22.3. The number of carbonyl (C=O) groups is 2. The topological polar surface area (TPSA) is 198 Å². The SMILES string of the molecule is CO[C@H]1/C=C/O[C@@]2(C)Oc3c(C)c(=O)c4c(O)c(c5oc6cc(C(C)C)c(C7CCCCC7)cc6nc5c4c3C2=O)NC(=O)/C(C)=C\C=C\[C@H](C)[C@H](O)[C@@H](C)[C@@H](O)[C@@H](C)[C@H](O)[C@@H]1C. The Morgan fingerprint density at radius 2 is 1.57 bits per heavy atom. The lowest BCUT2D eigenvalue weighted by Gasteiger charge is -2.36. The van der Waals surface area contributed by atoms with E-state index < -0.39 is 76.7 Å². The highest BCUT2D eigenvalue weighted by atomic mass is 16.7. The third kappa shape index (κ3) is 8.17. The van der Waals surface area contributed by atoms with Crippen LogP contribution in [-0.4, -0.2) is 74.4 Å². The summed E-state index contributed by atoms with van der Waals surface area (Å²) in [7, 11) is 1.46. The van der Waals surface area contributed by atoms with E-state index in [9.17, 15) is 34.8 Å². The molecule has 1 amide bonds. The van der Waals surface area contributed by atoms with Gasteiger partial charge in [0.25, 0.3) is 11.7 Å². The number of hydrogen-bond acceptors (Lipinski definition) is 12. The first kappa shape index (κ1) is 45.9. The van der Waals surface area contributed by atoms with E-state index in [0.717, 1.165) is 31.2 Å². The van der Waals surface area contributed by atoms with Crippen LogP contribution in [0.5, 0.6) is 11.5 Å². The Bertz CT molecular complexity index is 2600. The number of fused-ring (bicyclic) bond motifs is 2. The molecular weight excluding hydrogens is 805 g/mol. The third-order valence-electron chi connectivity index (χ3n) is 13.9. The summed E-state index contributed by atoms with van der Waals surface area (Å²) in [6.07, 6.45) is 9.22. The molecule has 13 heteroatoms. The second-order valence-electron chi connectivity index (χ2n) is 18.6. The Morgan fingerprint density at radius 3 is 2.24 bits per heavy atom. The van der Waals surface area contributed by atoms with E-state index in [2.05, 4.69) is 19.2 Å². The van der Waals surface area contributed by atoms with E-state index in [1.54, 1.807) is 52.8 Å². The van der Waals surface area contributed by atoms with Crippen molar-refractivity contribution in [3.63, 3.8) is 0 Å². The van der Waals surface area contributed by atoms with Gasteiger partial charge in [-0.25, -0.2) is 4.98 Å². The van der Waals surface area contributed by atoms with Gasteiger partial charge in [-0.2, -0.15) is 0 Å².